The number of sulfone groups is 1. The molecule has 1 aliphatic heterocycles. The minimum Gasteiger partial charge on any atom is -0.385 e. The number of anilines is 1. The molecule has 1 unspecified atom stereocenters. The number of hydrogen-bond acceptors (Lipinski definition) is 5. The van der Waals surface area contributed by atoms with Crippen LogP contribution in [0.2, 0.25) is 0 Å². The van der Waals surface area contributed by atoms with E-state index in [-0.39, 0.29) is 23.5 Å². The number of amides is 1. The van der Waals surface area contributed by atoms with Crippen LogP contribution < -0.4 is 10.6 Å². The molecule has 0 aliphatic carbocycles. The van der Waals surface area contributed by atoms with Gasteiger partial charge in [0, 0.05) is 24.5 Å². The van der Waals surface area contributed by atoms with Crippen molar-refractivity contribution in [2.24, 2.45) is 0 Å². The van der Waals surface area contributed by atoms with Gasteiger partial charge in [0.1, 0.15) is 5.69 Å². The first-order valence-corrected chi connectivity index (χ1v) is 9.53. The molecule has 1 aromatic rings. The first kappa shape index (κ1) is 16.7. The fourth-order valence-corrected chi connectivity index (χ4v) is 4.11. The topological polar surface area (TPSA) is 88.2 Å². The quantitative estimate of drug-likeness (QED) is 0.744. The monoisotopic (exact) mass is 325 g/mol. The Morgan fingerprint density at radius 3 is 2.91 bits per heavy atom. The maximum Gasteiger partial charge on any atom is 0.270 e. The number of unbranched alkanes of at least 4 members (excludes halogenated alkanes) is 2. The molecule has 1 amide bonds. The molecule has 2 rings (SSSR count). The highest BCUT2D eigenvalue weighted by Gasteiger charge is 2.29. The van der Waals surface area contributed by atoms with Crippen molar-refractivity contribution in [3.63, 3.8) is 0 Å². The molecule has 1 aliphatic rings. The van der Waals surface area contributed by atoms with Crippen molar-refractivity contribution in [1.29, 1.82) is 0 Å². The Labute approximate surface area is 131 Å². The summed E-state index contributed by atoms with van der Waals surface area (Å²) in [7, 11) is -3.00. The van der Waals surface area contributed by atoms with Crippen molar-refractivity contribution >= 4 is 21.4 Å². The molecule has 2 N–H and O–H groups in total. The molecule has 7 heteroatoms. The van der Waals surface area contributed by atoms with Crippen molar-refractivity contribution in [3.05, 3.63) is 24.0 Å². The summed E-state index contributed by atoms with van der Waals surface area (Å²) in [6.07, 6.45) is 5.48. The summed E-state index contributed by atoms with van der Waals surface area (Å²) in [6.45, 7) is 3.01. The highest BCUT2D eigenvalue weighted by atomic mass is 32.2. The number of nitrogens with zero attached hydrogens (tertiary/aromatic N) is 1. The van der Waals surface area contributed by atoms with E-state index < -0.39 is 9.84 Å². The summed E-state index contributed by atoms with van der Waals surface area (Å²) in [4.78, 5) is 16.2. The van der Waals surface area contributed by atoms with E-state index in [9.17, 15) is 13.2 Å². The molecule has 1 fully saturated rings. The summed E-state index contributed by atoms with van der Waals surface area (Å²) in [5.74, 6) is -0.155. The van der Waals surface area contributed by atoms with Crippen LogP contribution in [0.4, 0.5) is 5.69 Å². The maximum atomic E-state index is 12.1. The lowest BCUT2D eigenvalue weighted by molar-refractivity contribution is 0.0936. The molecule has 0 radical (unpaired) electrons. The number of nitrogens with one attached hydrogen (secondary N) is 2. The van der Waals surface area contributed by atoms with Crippen LogP contribution in [0, 0.1) is 0 Å². The normalized spacial score (nSPS) is 19.8. The Kier molecular flexibility index (Phi) is 5.76. The SMILES string of the molecule is CCCCCNc1ccnc(C(=O)NC2CCS(=O)(=O)C2)c1. The number of pyridine rings is 1. The predicted molar refractivity (Wildman–Crippen MR) is 86.8 cm³/mol. The second-order valence-electron chi connectivity index (χ2n) is 5.64. The summed E-state index contributed by atoms with van der Waals surface area (Å²) in [6, 6.07) is 3.22. The van der Waals surface area contributed by atoms with E-state index in [0.717, 1.165) is 25.1 Å². The minimum atomic E-state index is -3.00. The third-order valence-corrected chi connectivity index (χ3v) is 5.44. The average molecular weight is 325 g/mol. The molecular weight excluding hydrogens is 302 g/mol. The second kappa shape index (κ2) is 7.58. The number of rotatable bonds is 7. The summed E-state index contributed by atoms with van der Waals surface area (Å²) in [5, 5.41) is 6.01. The Bertz CT molecular complexity index is 616. The second-order valence-corrected chi connectivity index (χ2v) is 7.87. The van der Waals surface area contributed by atoms with Gasteiger partial charge in [0.15, 0.2) is 9.84 Å². The van der Waals surface area contributed by atoms with Gasteiger partial charge in [-0.2, -0.15) is 0 Å². The number of hydrogen-bond donors (Lipinski definition) is 2. The van der Waals surface area contributed by atoms with Crippen LogP contribution in [0.3, 0.4) is 0 Å². The van der Waals surface area contributed by atoms with Gasteiger partial charge < -0.3 is 10.6 Å². The standard InChI is InChI=1S/C15H23N3O3S/c1-2-3-4-7-16-12-5-8-17-14(10-12)15(19)18-13-6-9-22(20,21)11-13/h5,8,10,13H,2-4,6-7,9,11H2,1H3,(H,16,17)(H,18,19). The zero-order valence-electron chi connectivity index (χ0n) is 12.8. The van der Waals surface area contributed by atoms with Crippen LogP contribution in [-0.4, -0.2) is 43.4 Å². The highest BCUT2D eigenvalue weighted by molar-refractivity contribution is 7.91. The lowest BCUT2D eigenvalue weighted by Crippen LogP contribution is -2.36. The number of carbonyl (C=O) groups is 1. The lowest BCUT2D eigenvalue weighted by atomic mass is 10.2. The summed E-state index contributed by atoms with van der Waals surface area (Å²) in [5.41, 5.74) is 1.17. The molecule has 1 saturated heterocycles. The molecule has 122 valence electrons. The molecule has 0 bridgehead atoms. The van der Waals surface area contributed by atoms with Crippen LogP contribution in [0.5, 0.6) is 0 Å². The van der Waals surface area contributed by atoms with E-state index in [1.807, 2.05) is 6.07 Å². The Morgan fingerprint density at radius 1 is 1.41 bits per heavy atom. The van der Waals surface area contributed by atoms with Gasteiger partial charge in [-0.25, -0.2) is 8.42 Å². The van der Waals surface area contributed by atoms with Crippen molar-refractivity contribution in [2.45, 2.75) is 38.6 Å². The predicted octanol–water partition coefficient (Wildman–Crippen LogP) is 1.60. The molecule has 1 atom stereocenters. The van der Waals surface area contributed by atoms with Crippen LogP contribution in [0.1, 0.15) is 43.1 Å². The molecule has 2 heterocycles. The van der Waals surface area contributed by atoms with E-state index in [0.29, 0.717) is 12.1 Å². The number of aromatic nitrogens is 1. The molecule has 0 spiro atoms. The third-order valence-electron chi connectivity index (χ3n) is 3.67. The Balaban J connectivity index is 1.90. The van der Waals surface area contributed by atoms with Gasteiger partial charge in [0.05, 0.1) is 11.5 Å². The van der Waals surface area contributed by atoms with Crippen molar-refractivity contribution < 1.29 is 13.2 Å². The molecule has 6 nitrogen and oxygen atoms in total. The lowest BCUT2D eigenvalue weighted by Gasteiger charge is -2.11. The van der Waals surface area contributed by atoms with Gasteiger partial charge >= 0.3 is 0 Å². The van der Waals surface area contributed by atoms with Gasteiger partial charge in [-0.05, 0) is 25.0 Å². The summed E-state index contributed by atoms with van der Waals surface area (Å²) >= 11 is 0. The van der Waals surface area contributed by atoms with Gasteiger partial charge in [0.2, 0.25) is 0 Å². The maximum absolute atomic E-state index is 12.1. The first-order chi connectivity index (χ1) is 10.5. The molecule has 0 saturated carbocycles. The van der Waals surface area contributed by atoms with Crippen LogP contribution in [0.25, 0.3) is 0 Å². The number of carbonyl (C=O) groups excluding carboxylic acids is 1. The van der Waals surface area contributed by atoms with Crippen molar-refractivity contribution in [1.82, 2.24) is 10.3 Å². The molecule has 0 aromatic carbocycles. The van der Waals surface area contributed by atoms with Gasteiger partial charge in [-0.3, -0.25) is 9.78 Å². The fourth-order valence-electron chi connectivity index (χ4n) is 2.44. The van der Waals surface area contributed by atoms with Crippen LogP contribution in [-0.2, 0) is 9.84 Å². The van der Waals surface area contributed by atoms with E-state index >= 15 is 0 Å². The molecule has 1 aromatic heterocycles. The van der Waals surface area contributed by atoms with Crippen LogP contribution >= 0.6 is 0 Å². The fraction of sp³-hybridized carbons (Fsp3) is 0.600. The smallest absolute Gasteiger partial charge is 0.270 e. The Morgan fingerprint density at radius 2 is 2.23 bits per heavy atom. The minimum absolute atomic E-state index is 0.0215. The van der Waals surface area contributed by atoms with E-state index in [2.05, 4.69) is 22.5 Å². The van der Waals surface area contributed by atoms with E-state index in [1.54, 1.807) is 12.3 Å². The zero-order valence-corrected chi connectivity index (χ0v) is 13.7. The Hall–Kier alpha value is -1.63. The van der Waals surface area contributed by atoms with Gasteiger partial charge in [-0.1, -0.05) is 19.8 Å². The van der Waals surface area contributed by atoms with Crippen molar-refractivity contribution in [2.75, 3.05) is 23.4 Å². The largest absolute Gasteiger partial charge is 0.385 e. The van der Waals surface area contributed by atoms with Gasteiger partial charge in [0.25, 0.3) is 5.91 Å². The zero-order chi connectivity index (χ0) is 16.0. The van der Waals surface area contributed by atoms with E-state index in [4.69, 9.17) is 0 Å². The van der Waals surface area contributed by atoms with Crippen molar-refractivity contribution in [3.8, 4) is 0 Å². The third kappa shape index (κ3) is 4.98. The summed E-state index contributed by atoms with van der Waals surface area (Å²) < 4.78 is 22.8. The average Bonchev–Trinajstić information content (AvgIpc) is 2.83. The first-order valence-electron chi connectivity index (χ1n) is 7.71. The molecule has 22 heavy (non-hydrogen) atoms. The van der Waals surface area contributed by atoms with Crippen LogP contribution in [0.15, 0.2) is 18.3 Å². The molecular formula is C15H23N3O3S. The van der Waals surface area contributed by atoms with E-state index in [1.165, 1.54) is 6.42 Å². The highest BCUT2D eigenvalue weighted by Crippen LogP contribution is 2.13. The van der Waals surface area contributed by atoms with Gasteiger partial charge in [-0.15, -0.1) is 0 Å².